The SMILES string of the molecule is CCNC(=NCc1cccc(S(N)(=O)=O)c1)NCc1coc(-c2ccccc2)n1. The molecule has 8 nitrogen and oxygen atoms in total. The van der Waals surface area contributed by atoms with Crippen molar-refractivity contribution in [2.24, 2.45) is 10.1 Å². The summed E-state index contributed by atoms with van der Waals surface area (Å²) in [6.07, 6.45) is 1.61. The van der Waals surface area contributed by atoms with Crippen molar-refractivity contribution in [1.82, 2.24) is 15.6 Å². The third-order valence-corrected chi connectivity index (χ3v) is 4.91. The molecule has 0 aliphatic heterocycles. The van der Waals surface area contributed by atoms with E-state index >= 15 is 0 Å². The Morgan fingerprint density at radius 1 is 1.14 bits per heavy atom. The predicted molar refractivity (Wildman–Crippen MR) is 111 cm³/mol. The van der Waals surface area contributed by atoms with Crippen molar-refractivity contribution in [2.45, 2.75) is 24.9 Å². The van der Waals surface area contributed by atoms with Crippen LogP contribution in [0.1, 0.15) is 18.2 Å². The van der Waals surface area contributed by atoms with Crippen LogP contribution < -0.4 is 15.8 Å². The minimum absolute atomic E-state index is 0.0687. The van der Waals surface area contributed by atoms with Gasteiger partial charge in [0, 0.05) is 12.1 Å². The summed E-state index contributed by atoms with van der Waals surface area (Å²) < 4.78 is 28.5. The zero-order valence-electron chi connectivity index (χ0n) is 16.0. The Bertz CT molecular complexity index is 1080. The average Bonchev–Trinajstić information content (AvgIpc) is 3.19. The van der Waals surface area contributed by atoms with Gasteiger partial charge in [-0.15, -0.1) is 0 Å². The largest absolute Gasteiger partial charge is 0.444 e. The Morgan fingerprint density at radius 2 is 1.93 bits per heavy atom. The summed E-state index contributed by atoms with van der Waals surface area (Å²) >= 11 is 0. The fraction of sp³-hybridized carbons (Fsp3) is 0.200. The highest BCUT2D eigenvalue weighted by Gasteiger charge is 2.09. The lowest BCUT2D eigenvalue weighted by molar-refractivity contribution is 0.572. The van der Waals surface area contributed by atoms with Crippen molar-refractivity contribution in [2.75, 3.05) is 6.54 Å². The van der Waals surface area contributed by atoms with E-state index in [-0.39, 0.29) is 4.90 Å². The highest BCUT2D eigenvalue weighted by molar-refractivity contribution is 7.89. The van der Waals surface area contributed by atoms with Crippen molar-refractivity contribution >= 4 is 16.0 Å². The molecule has 152 valence electrons. The van der Waals surface area contributed by atoms with Crippen molar-refractivity contribution < 1.29 is 12.8 Å². The second kappa shape index (κ2) is 9.35. The van der Waals surface area contributed by atoms with Crippen LogP contribution in [0.15, 0.2) is 75.2 Å². The van der Waals surface area contributed by atoms with Gasteiger partial charge in [-0.2, -0.15) is 0 Å². The van der Waals surface area contributed by atoms with Crippen LogP contribution in [-0.4, -0.2) is 25.9 Å². The standard InChI is InChI=1S/C20H23N5O3S/c1-2-22-20(23-12-15-7-6-10-18(11-15)29(21,26)27)24-13-17-14-28-19(25-17)16-8-4-3-5-9-16/h3-11,14H,2,12-13H2,1H3,(H2,21,26,27)(H2,22,23,24). The molecule has 29 heavy (non-hydrogen) atoms. The van der Waals surface area contributed by atoms with Crippen molar-refractivity contribution in [3.63, 3.8) is 0 Å². The first-order valence-corrected chi connectivity index (χ1v) is 10.6. The topological polar surface area (TPSA) is 123 Å². The smallest absolute Gasteiger partial charge is 0.238 e. The van der Waals surface area contributed by atoms with E-state index in [2.05, 4.69) is 20.6 Å². The third kappa shape index (κ3) is 5.90. The van der Waals surface area contributed by atoms with Crippen LogP contribution in [0.2, 0.25) is 0 Å². The van der Waals surface area contributed by atoms with Gasteiger partial charge in [0.25, 0.3) is 0 Å². The van der Waals surface area contributed by atoms with Gasteiger partial charge in [0.2, 0.25) is 15.9 Å². The summed E-state index contributed by atoms with van der Waals surface area (Å²) in [6.45, 7) is 3.37. The summed E-state index contributed by atoms with van der Waals surface area (Å²) in [7, 11) is -3.74. The van der Waals surface area contributed by atoms with E-state index in [1.807, 2.05) is 37.3 Å². The lowest BCUT2D eigenvalue weighted by atomic mass is 10.2. The fourth-order valence-corrected chi connectivity index (χ4v) is 3.19. The Kier molecular flexibility index (Phi) is 6.63. The van der Waals surface area contributed by atoms with Crippen molar-refractivity contribution in [3.05, 3.63) is 72.1 Å². The van der Waals surface area contributed by atoms with E-state index in [1.165, 1.54) is 12.1 Å². The number of oxazole rings is 1. The number of hydrogen-bond donors (Lipinski definition) is 3. The van der Waals surface area contributed by atoms with E-state index in [9.17, 15) is 8.42 Å². The summed E-state index contributed by atoms with van der Waals surface area (Å²) in [5, 5.41) is 11.5. The van der Waals surface area contributed by atoms with Crippen molar-refractivity contribution in [3.8, 4) is 11.5 Å². The zero-order chi connectivity index (χ0) is 20.7. The van der Waals surface area contributed by atoms with Gasteiger partial charge in [-0.05, 0) is 36.8 Å². The number of nitrogens with zero attached hydrogens (tertiary/aromatic N) is 2. The number of aliphatic imine (C=N–C) groups is 1. The minimum atomic E-state index is -3.74. The predicted octanol–water partition coefficient (Wildman–Crippen LogP) is 2.24. The molecule has 0 radical (unpaired) electrons. The van der Waals surface area contributed by atoms with Crippen molar-refractivity contribution in [1.29, 1.82) is 0 Å². The molecule has 2 aromatic carbocycles. The Morgan fingerprint density at radius 3 is 2.66 bits per heavy atom. The molecule has 0 aliphatic rings. The molecule has 0 atom stereocenters. The fourth-order valence-electron chi connectivity index (χ4n) is 2.61. The van der Waals surface area contributed by atoms with E-state index in [0.717, 1.165) is 16.8 Å². The first-order valence-electron chi connectivity index (χ1n) is 9.09. The zero-order valence-corrected chi connectivity index (χ0v) is 16.8. The molecule has 1 aromatic heterocycles. The number of aromatic nitrogens is 1. The molecule has 0 fully saturated rings. The van der Waals surface area contributed by atoms with E-state index < -0.39 is 10.0 Å². The van der Waals surface area contributed by atoms with Crippen LogP contribution in [-0.2, 0) is 23.1 Å². The van der Waals surface area contributed by atoms with E-state index in [1.54, 1.807) is 18.4 Å². The van der Waals surface area contributed by atoms with Gasteiger partial charge in [-0.25, -0.2) is 23.5 Å². The maximum absolute atomic E-state index is 11.5. The highest BCUT2D eigenvalue weighted by Crippen LogP contribution is 2.17. The number of sulfonamides is 1. The summed E-state index contributed by atoms with van der Waals surface area (Å²) in [5.74, 6) is 1.14. The number of nitrogens with two attached hydrogens (primary N) is 1. The molecule has 3 rings (SSSR count). The molecule has 0 aliphatic carbocycles. The number of primary sulfonamides is 1. The highest BCUT2D eigenvalue weighted by atomic mass is 32.2. The summed E-state index contributed by atoms with van der Waals surface area (Å²) in [5.41, 5.74) is 2.39. The molecule has 3 aromatic rings. The summed E-state index contributed by atoms with van der Waals surface area (Å²) in [4.78, 5) is 9.03. The molecule has 4 N–H and O–H groups in total. The van der Waals surface area contributed by atoms with Crippen LogP contribution in [0, 0.1) is 0 Å². The Hall–Kier alpha value is -3.17. The maximum Gasteiger partial charge on any atom is 0.238 e. The lowest BCUT2D eigenvalue weighted by Gasteiger charge is -2.10. The van der Waals surface area contributed by atoms with Crippen LogP contribution in [0.4, 0.5) is 0 Å². The number of rotatable bonds is 7. The monoisotopic (exact) mass is 413 g/mol. The normalized spacial score (nSPS) is 12.0. The first-order chi connectivity index (χ1) is 14.0. The molecule has 9 heteroatoms. The second-order valence-electron chi connectivity index (χ2n) is 6.25. The lowest BCUT2D eigenvalue weighted by Crippen LogP contribution is -2.36. The molecule has 0 spiro atoms. The molecule has 0 bridgehead atoms. The number of nitrogens with one attached hydrogen (secondary N) is 2. The van der Waals surface area contributed by atoms with Gasteiger partial charge in [-0.3, -0.25) is 0 Å². The molecular weight excluding hydrogens is 390 g/mol. The average molecular weight is 414 g/mol. The van der Waals surface area contributed by atoms with Crippen LogP contribution in [0.5, 0.6) is 0 Å². The van der Waals surface area contributed by atoms with Crippen LogP contribution in [0.25, 0.3) is 11.5 Å². The molecule has 0 saturated heterocycles. The first kappa shape index (κ1) is 20.6. The van der Waals surface area contributed by atoms with Gasteiger partial charge in [0.1, 0.15) is 6.26 Å². The molecule has 0 unspecified atom stereocenters. The number of guanidine groups is 1. The van der Waals surface area contributed by atoms with E-state index in [4.69, 9.17) is 9.56 Å². The van der Waals surface area contributed by atoms with E-state index in [0.29, 0.717) is 31.5 Å². The number of benzene rings is 2. The third-order valence-electron chi connectivity index (χ3n) is 4.00. The van der Waals surface area contributed by atoms with Gasteiger partial charge in [0.15, 0.2) is 5.96 Å². The van der Waals surface area contributed by atoms with Gasteiger partial charge in [0.05, 0.1) is 23.7 Å². The van der Waals surface area contributed by atoms with Crippen LogP contribution in [0.3, 0.4) is 0 Å². The Labute approximate surface area is 169 Å². The molecular formula is C20H23N5O3S. The quantitative estimate of drug-likeness (QED) is 0.403. The van der Waals surface area contributed by atoms with Gasteiger partial charge >= 0.3 is 0 Å². The second-order valence-corrected chi connectivity index (χ2v) is 7.81. The maximum atomic E-state index is 11.5. The molecule has 0 amide bonds. The van der Waals surface area contributed by atoms with Crippen LogP contribution >= 0.6 is 0 Å². The minimum Gasteiger partial charge on any atom is -0.444 e. The van der Waals surface area contributed by atoms with Gasteiger partial charge < -0.3 is 15.1 Å². The molecule has 1 heterocycles. The van der Waals surface area contributed by atoms with Gasteiger partial charge in [-0.1, -0.05) is 30.3 Å². The number of hydrogen-bond acceptors (Lipinski definition) is 5. The summed E-state index contributed by atoms with van der Waals surface area (Å²) in [6, 6.07) is 16.1. The Balaban J connectivity index is 1.65. The molecule has 0 saturated carbocycles.